The van der Waals surface area contributed by atoms with Gasteiger partial charge in [0.25, 0.3) is 0 Å². The maximum atomic E-state index is 5.71. The molecular weight excluding hydrogens is 246 g/mol. The van der Waals surface area contributed by atoms with Crippen molar-refractivity contribution in [1.29, 1.82) is 0 Å². The van der Waals surface area contributed by atoms with Gasteiger partial charge in [0, 0.05) is 38.1 Å². The van der Waals surface area contributed by atoms with Crippen molar-refractivity contribution < 1.29 is 0 Å². The number of rotatable bonds is 6. The number of hydrogen-bond donors (Lipinski definition) is 1. The third-order valence-electron chi connectivity index (χ3n) is 2.97. The van der Waals surface area contributed by atoms with Gasteiger partial charge in [0.15, 0.2) is 10.8 Å². The number of aromatic nitrogens is 2. The summed E-state index contributed by atoms with van der Waals surface area (Å²) < 4.78 is 2.15. The van der Waals surface area contributed by atoms with E-state index in [1.54, 1.807) is 11.3 Å². The molecule has 0 spiro atoms. The van der Waals surface area contributed by atoms with Crippen molar-refractivity contribution in [2.45, 2.75) is 6.42 Å². The van der Waals surface area contributed by atoms with Crippen LogP contribution in [0.15, 0.2) is 11.6 Å². The van der Waals surface area contributed by atoms with Crippen LogP contribution in [0.4, 0.5) is 5.82 Å². The van der Waals surface area contributed by atoms with Crippen LogP contribution in [0.25, 0.3) is 4.96 Å². The first-order valence-corrected chi connectivity index (χ1v) is 7.01. The third kappa shape index (κ3) is 2.66. The Hall–Kier alpha value is -1.11. The Morgan fingerprint density at radius 3 is 2.78 bits per heavy atom. The predicted octanol–water partition coefficient (Wildman–Crippen LogP) is 0.895. The topological polar surface area (TPSA) is 49.8 Å². The van der Waals surface area contributed by atoms with Crippen molar-refractivity contribution in [2.24, 2.45) is 5.73 Å². The molecule has 0 aliphatic heterocycles. The summed E-state index contributed by atoms with van der Waals surface area (Å²) in [5, 5.41) is 2.06. The second kappa shape index (κ2) is 5.69. The first-order valence-electron chi connectivity index (χ1n) is 6.14. The van der Waals surface area contributed by atoms with E-state index in [0.717, 1.165) is 30.3 Å². The lowest BCUT2D eigenvalue weighted by Crippen LogP contribution is -2.29. The fourth-order valence-electron chi connectivity index (χ4n) is 1.95. The molecular formula is C12H21N5S. The zero-order valence-corrected chi connectivity index (χ0v) is 12.1. The minimum atomic E-state index is 0.651. The Morgan fingerprint density at radius 2 is 2.11 bits per heavy atom. The highest BCUT2D eigenvalue weighted by Crippen LogP contribution is 2.24. The van der Waals surface area contributed by atoms with E-state index in [4.69, 9.17) is 10.7 Å². The predicted molar refractivity (Wildman–Crippen MR) is 77.7 cm³/mol. The van der Waals surface area contributed by atoms with Crippen LogP contribution in [0, 0.1) is 0 Å². The standard InChI is InChI=1S/C12H21N5S/c1-15(2)6-7-16(3)11-10(4-5-13)17-8-9-18-12(17)14-11/h8-9H,4-7,13H2,1-3H3. The van der Waals surface area contributed by atoms with Crippen LogP contribution >= 0.6 is 11.3 Å². The quantitative estimate of drug-likeness (QED) is 0.844. The number of nitrogens with two attached hydrogens (primary N) is 1. The van der Waals surface area contributed by atoms with E-state index in [0.29, 0.717) is 6.54 Å². The summed E-state index contributed by atoms with van der Waals surface area (Å²) >= 11 is 1.66. The van der Waals surface area contributed by atoms with E-state index in [2.05, 4.69) is 46.9 Å². The molecule has 0 aliphatic carbocycles. The van der Waals surface area contributed by atoms with E-state index in [1.165, 1.54) is 5.69 Å². The van der Waals surface area contributed by atoms with Crippen molar-refractivity contribution in [1.82, 2.24) is 14.3 Å². The lowest BCUT2D eigenvalue weighted by atomic mass is 10.3. The number of fused-ring (bicyclic) bond motifs is 1. The van der Waals surface area contributed by atoms with E-state index < -0.39 is 0 Å². The summed E-state index contributed by atoms with van der Waals surface area (Å²) in [6.07, 6.45) is 2.93. The van der Waals surface area contributed by atoms with Gasteiger partial charge in [-0.3, -0.25) is 4.40 Å². The van der Waals surface area contributed by atoms with Gasteiger partial charge in [-0.1, -0.05) is 0 Å². The zero-order chi connectivity index (χ0) is 13.1. The first kappa shape index (κ1) is 13.3. The smallest absolute Gasteiger partial charge is 0.195 e. The number of nitrogens with zero attached hydrogens (tertiary/aromatic N) is 4. The van der Waals surface area contributed by atoms with E-state index in [9.17, 15) is 0 Å². The average Bonchev–Trinajstić information content (AvgIpc) is 2.89. The molecule has 0 amide bonds. The highest BCUT2D eigenvalue weighted by atomic mass is 32.1. The molecule has 2 rings (SSSR count). The van der Waals surface area contributed by atoms with Crippen LogP contribution in [0.3, 0.4) is 0 Å². The van der Waals surface area contributed by atoms with Gasteiger partial charge < -0.3 is 15.5 Å². The van der Waals surface area contributed by atoms with E-state index >= 15 is 0 Å². The molecule has 0 saturated heterocycles. The SMILES string of the molecule is CN(C)CCN(C)c1nc2sccn2c1CCN. The summed E-state index contributed by atoms with van der Waals surface area (Å²) in [5.74, 6) is 1.06. The van der Waals surface area contributed by atoms with Gasteiger partial charge in [0.2, 0.25) is 0 Å². The number of hydrogen-bond acceptors (Lipinski definition) is 5. The summed E-state index contributed by atoms with van der Waals surface area (Å²) in [7, 11) is 6.26. The van der Waals surface area contributed by atoms with Gasteiger partial charge in [-0.25, -0.2) is 4.98 Å². The van der Waals surface area contributed by atoms with Crippen LogP contribution in [0.5, 0.6) is 0 Å². The Kier molecular flexibility index (Phi) is 4.21. The second-order valence-corrected chi connectivity index (χ2v) is 5.57. The summed E-state index contributed by atoms with van der Waals surface area (Å²) in [6.45, 7) is 2.64. The van der Waals surface area contributed by atoms with Crippen LogP contribution in [0.2, 0.25) is 0 Å². The molecule has 2 aromatic rings. The number of likely N-dealkylation sites (N-methyl/N-ethyl adjacent to an activating group) is 2. The Balaban J connectivity index is 2.25. The molecule has 0 fully saturated rings. The molecule has 0 saturated carbocycles. The highest BCUT2D eigenvalue weighted by Gasteiger charge is 2.15. The van der Waals surface area contributed by atoms with Crippen molar-refractivity contribution in [3.8, 4) is 0 Å². The molecule has 2 N–H and O–H groups in total. The Bertz CT molecular complexity index is 502. The highest BCUT2D eigenvalue weighted by molar-refractivity contribution is 7.15. The molecule has 0 aromatic carbocycles. The lowest BCUT2D eigenvalue weighted by Gasteiger charge is -2.20. The van der Waals surface area contributed by atoms with E-state index in [-0.39, 0.29) is 0 Å². The summed E-state index contributed by atoms with van der Waals surface area (Å²) in [5.41, 5.74) is 6.92. The summed E-state index contributed by atoms with van der Waals surface area (Å²) in [4.78, 5) is 10.1. The number of anilines is 1. The van der Waals surface area contributed by atoms with Crippen LogP contribution in [0.1, 0.15) is 5.69 Å². The average molecular weight is 267 g/mol. The normalized spacial score (nSPS) is 11.6. The van der Waals surface area contributed by atoms with Gasteiger partial charge in [-0.05, 0) is 20.6 Å². The van der Waals surface area contributed by atoms with Crippen LogP contribution in [-0.4, -0.2) is 55.1 Å². The molecule has 6 heteroatoms. The first-order chi connectivity index (χ1) is 8.63. The molecule has 0 atom stereocenters. The molecule has 0 bridgehead atoms. The van der Waals surface area contributed by atoms with Crippen molar-refractivity contribution in [3.05, 3.63) is 17.3 Å². The van der Waals surface area contributed by atoms with Crippen molar-refractivity contribution >= 4 is 22.1 Å². The fourth-order valence-corrected chi connectivity index (χ4v) is 2.68. The number of imidazole rings is 1. The maximum Gasteiger partial charge on any atom is 0.195 e. The fraction of sp³-hybridized carbons (Fsp3) is 0.583. The molecule has 0 unspecified atom stereocenters. The molecule has 5 nitrogen and oxygen atoms in total. The Morgan fingerprint density at radius 1 is 1.33 bits per heavy atom. The minimum Gasteiger partial charge on any atom is -0.357 e. The monoisotopic (exact) mass is 267 g/mol. The largest absolute Gasteiger partial charge is 0.357 e. The number of thiazole rings is 1. The second-order valence-electron chi connectivity index (χ2n) is 4.70. The molecule has 2 heterocycles. The van der Waals surface area contributed by atoms with Gasteiger partial charge >= 0.3 is 0 Å². The molecule has 18 heavy (non-hydrogen) atoms. The van der Waals surface area contributed by atoms with Gasteiger partial charge in [-0.15, -0.1) is 11.3 Å². The lowest BCUT2D eigenvalue weighted by molar-refractivity contribution is 0.416. The van der Waals surface area contributed by atoms with Gasteiger partial charge in [0.1, 0.15) is 0 Å². The van der Waals surface area contributed by atoms with E-state index in [1.807, 2.05) is 0 Å². The molecule has 0 aliphatic rings. The van der Waals surface area contributed by atoms with Crippen LogP contribution in [-0.2, 0) is 6.42 Å². The minimum absolute atomic E-state index is 0.651. The van der Waals surface area contributed by atoms with Gasteiger partial charge in [0.05, 0.1) is 5.69 Å². The van der Waals surface area contributed by atoms with Crippen molar-refractivity contribution in [3.63, 3.8) is 0 Å². The maximum absolute atomic E-state index is 5.71. The molecule has 100 valence electrons. The molecule has 0 radical (unpaired) electrons. The molecule has 2 aromatic heterocycles. The van der Waals surface area contributed by atoms with Crippen molar-refractivity contribution in [2.75, 3.05) is 45.7 Å². The van der Waals surface area contributed by atoms with Crippen LogP contribution < -0.4 is 10.6 Å². The van der Waals surface area contributed by atoms with Gasteiger partial charge in [-0.2, -0.15) is 0 Å². The summed E-state index contributed by atoms with van der Waals surface area (Å²) in [6, 6.07) is 0. The third-order valence-corrected chi connectivity index (χ3v) is 3.72. The zero-order valence-electron chi connectivity index (χ0n) is 11.3. The Labute approximate surface area is 112 Å².